The second-order valence-electron chi connectivity index (χ2n) is 5.37. The summed E-state index contributed by atoms with van der Waals surface area (Å²) in [5.74, 6) is -0.0310. The van der Waals surface area contributed by atoms with Crippen molar-refractivity contribution in [1.29, 1.82) is 0 Å². The number of nitrogens with one attached hydrogen (secondary N) is 1. The van der Waals surface area contributed by atoms with Crippen LogP contribution < -0.4 is 5.32 Å². The third-order valence-corrected chi connectivity index (χ3v) is 3.23. The van der Waals surface area contributed by atoms with E-state index in [4.69, 9.17) is 0 Å². The molecule has 1 atom stereocenters. The molecule has 0 spiro atoms. The summed E-state index contributed by atoms with van der Waals surface area (Å²) < 4.78 is 0. The van der Waals surface area contributed by atoms with Gasteiger partial charge in [0, 0.05) is 18.8 Å². The van der Waals surface area contributed by atoms with Crippen LogP contribution in [-0.4, -0.2) is 41.1 Å². The Morgan fingerprint density at radius 1 is 1.44 bits per heavy atom. The van der Waals surface area contributed by atoms with Gasteiger partial charge < -0.3 is 10.4 Å². The Hall–Kier alpha value is -1.39. The summed E-state index contributed by atoms with van der Waals surface area (Å²) >= 11 is 0. The molecule has 1 fully saturated rings. The first-order chi connectivity index (χ1) is 8.44. The van der Waals surface area contributed by atoms with Gasteiger partial charge in [-0.2, -0.15) is 0 Å². The predicted molar refractivity (Wildman–Crippen MR) is 71.5 cm³/mol. The van der Waals surface area contributed by atoms with Gasteiger partial charge in [0.15, 0.2) is 0 Å². The third kappa shape index (κ3) is 3.55. The van der Waals surface area contributed by atoms with Crippen molar-refractivity contribution < 1.29 is 9.90 Å². The van der Waals surface area contributed by atoms with Crippen molar-refractivity contribution in [2.24, 2.45) is 0 Å². The maximum atomic E-state index is 11.8. The van der Waals surface area contributed by atoms with Crippen LogP contribution >= 0.6 is 0 Å². The molecule has 2 rings (SSSR count). The van der Waals surface area contributed by atoms with Crippen LogP contribution in [-0.2, 0) is 4.79 Å². The number of hydrogen-bond donors (Lipinski definition) is 2. The van der Waals surface area contributed by atoms with E-state index in [0.717, 1.165) is 18.7 Å². The first kappa shape index (κ1) is 13.1. The van der Waals surface area contributed by atoms with Crippen LogP contribution in [0, 0.1) is 6.92 Å². The van der Waals surface area contributed by atoms with E-state index in [1.165, 1.54) is 5.56 Å². The molecule has 98 valence electrons. The van der Waals surface area contributed by atoms with Gasteiger partial charge in [-0.05, 0) is 32.4 Å². The highest BCUT2D eigenvalue weighted by Crippen LogP contribution is 2.19. The van der Waals surface area contributed by atoms with Crippen LogP contribution in [0.25, 0.3) is 0 Å². The largest absolute Gasteiger partial charge is 0.389 e. The zero-order valence-electron chi connectivity index (χ0n) is 10.9. The molecule has 1 aliphatic rings. The summed E-state index contributed by atoms with van der Waals surface area (Å²) in [7, 11) is 0. The minimum absolute atomic E-state index is 0.0310. The maximum absolute atomic E-state index is 11.8. The van der Waals surface area contributed by atoms with E-state index in [2.05, 4.69) is 5.32 Å². The third-order valence-electron chi connectivity index (χ3n) is 3.23. The molecule has 0 aromatic heterocycles. The van der Waals surface area contributed by atoms with Gasteiger partial charge in [0.1, 0.15) is 0 Å². The smallest absolute Gasteiger partial charge is 0.238 e. The summed E-state index contributed by atoms with van der Waals surface area (Å²) in [6.45, 7) is 5.50. The Morgan fingerprint density at radius 2 is 2.11 bits per heavy atom. The lowest BCUT2D eigenvalue weighted by Gasteiger charge is -2.18. The average molecular weight is 248 g/mol. The van der Waals surface area contributed by atoms with Crippen molar-refractivity contribution >= 4 is 11.6 Å². The van der Waals surface area contributed by atoms with Gasteiger partial charge in [-0.1, -0.05) is 17.7 Å². The first-order valence-corrected chi connectivity index (χ1v) is 6.26. The molecule has 1 heterocycles. The molecular weight excluding hydrogens is 228 g/mol. The van der Waals surface area contributed by atoms with Gasteiger partial charge in [-0.3, -0.25) is 9.69 Å². The van der Waals surface area contributed by atoms with Gasteiger partial charge in [0.25, 0.3) is 0 Å². The van der Waals surface area contributed by atoms with Crippen molar-refractivity contribution in [3.63, 3.8) is 0 Å². The van der Waals surface area contributed by atoms with Crippen molar-refractivity contribution in [2.75, 3.05) is 25.0 Å². The number of β-amino-alcohol motifs (C(OH)–C–C–N with tert-alkyl or cyclic N) is 1. The summed E-state index contributed by atoms with van der Waals surface area (Å²) in [5, 5.41) is 12.7. The van der Waals surface area contributed by atoms with Crippen LogP contribution in [0.15, 0.2) is 24.3 Å². The fraction of sp³-hybridized carbons (Fsp3) is 0.500. The van der Waals surface area contributed by atoms with E-state index in [1.54, 1.807) is 0 Å². The number of rotatable bonds is 3. The molecule has 1 unspecified atom stereocenters. The topological polar surface area (TPSA) is 52.6 Å². The number of carbonyl (C=O) groups is 1. The van der Waals surface area contributed by atoms with Crippen molar-refractivity contribution in [1.82, 2.24) is 4.90 Å². The molecular formula is C14H20N2O2. The van der Waals surface area contributed by atoms with Crippen LogP contribution in [0.3, 0.4) is 0 Å². The Kier molecular flexibility index (Phi) is 3.68. The molecule has 4 heteroatoms. The average Bonchev–Trinajstić information content (AvgIpc) is 2.61. The van der Waals surface area contributed by atoms with Crippen molar-refractivity contribution in [2.45, 2.75) is 25.9 Å². The van der Waals surface area contributed by atoms with Crippen LogP contribution in [0.5, 0.6) is 0 Å². The van der Waals surface area contributed by atoms with Crippen LogP contribution in [0.4, 0.5) is 5.69 Å². The van der Waals surface area contributed by atoms with E-state index < -0.39 is 5.60 Å². The Bertz CT molecular complexity index is 426. The lowest BCUT2D eigenvalue weighted by molar-refractivity contribution is -0.117. The van der Waals surface area contributed by atoms with Crippen molar-refractivity contribution in [3.8, 4) is 0 Å². The van der Waals surface area contributed by atoms with Crippen LogP contribution in [0.1, 0.15) is 18.9 Å². The van der Waals surface area contributed by atoms with Crippen molar-refractivity contribution in [3.05, 3.63) is 29.8 Å². The first-order valence-electron chi connectivity index (χ1n) is 6.26. The minimum atomic E-state index is -0.649. The molecule has 0 bridgehead atoms. The number of anilines is 1. The molecule has 2 N–H and O–H groups in total. The number of nitrogens with zero attached hydrogens (tertiary/aromatic N) is 1. The SMILES string of the molecule is Cc1ccc(NC(=O)CN2CCC(C)(O)C2)cc1. The van der Waals surface area contributed by atoms with E-state index in [0.29, 0.717) is 13.1 Å². The molecule has 18 heavy (non-hydrogen) atoms. The van der Waals surface area contributed by atoms with E-state index in [1.807, 2.05) is 43.0 Å². The molecule has 1 aromatic carbocycles. The fourth-order valence-corrected chi connectivity index (χ4v) is 2.21. The lowest BCUT2D eigenvalue weighted by Crippen LogP contribution is -2.35. The Balaban J connectivity index is 1.84. The molecule has 1 aliphatic heterocycles. The molecule has 1 saturated heterocycles. The van der Waals surface area contributed by atoms with Crippen LogP contribution in [0.2, 0.25) is 0 Å². The Labute approximate surface area is 108 Å². The van der Waals surface area contributed by atoms with Gasteiger partial charge in [-0.25, -0.2) is 0 Å². The molecule has 0 radical (unpaired) electrons. The number of benzene rings is 1. The summed E-state index contributed by atoms with van der Waals surface area (Å²) in [6, 6.07) is 7.73. The number of likely N-dealkylation sites (tertiary alicyclic amines) is 1. The zero-order valence-corrected chi connectivity index (χ0v) is 10.9. The predicted octanol–water partition coefficient (Wildman–Crippen LogP) is 1.39. The van der Waals surface area contributed by atoms with E-state index in [9.17, 15) is 9.90 Å². The van der Waals surface area contributed by atoms with Gasteiger partial charge >= 0.3 is 0 Å². The fourth-order valence-electron chi connectivity index (χ4n) is 2.21. The number of aliphatic hydroxyl groups is 1. The maximum Gasteiger partial charge on any atom is 0.238 e. The van der Waals surface area contributed by atoms with E-state index in [-0.39, 0.29) is 5.91 Å². The zero-order chi connectivity index (χ0) is 13.2. The quantitative estimate of drug-likeness (QED) is 0.850. The number of amides is 1. The van der Waals surface area contributed by atoms with Gasteiger partial charge in [0.2, 0.25) is 5.91 Å². The Morgan fingerprint density at radius 3 is 2.67 bits per heavy atom. The highest BCUT2D eigenvalue weighted by molar-refractivity contribution is 5.92. The highest BCUT2D eigenvalue weighted by Gasteiger charge is 2.31. The van der Waals surface area contributed by atoms with Gasteiger partial charge in [0.05, 0.1) is 12.1 Å². The lowest BCUT2D eigenvalue weighted by atomic mass is 10.1. The number of carbonyl (C=O) groups excluding carboxylic acids is 1. The second-order valence-corrected chi connectivity index (χ2v) is 5.37. The minimum Gasteiger partial charge on any atom is -0.389 e. The number of aryl methyl sites for hydroxylation is 1. The molecule has 4 nitrogen and oxygen atoms in total. The molecule has 1 aromatic rings. The molecule has 1 amide bonds. The normalized spacial score (nSPS) is 24.2. The summed E-state index contributed by atoms with van der Waals surface area (Å²) in [5.41, 5.74) is 1.34. The van der Waals surface area contributed by atoms with Gasteiger partial charge in [-0.15, -0.1) is 0 Å². The molecule has 0 saturated carbocycles. The number of hydrogen-bond acceptors (Lipinski definition) is 3. The monoisotopic (exact) mass is 248 g/mol. The standard InChI is InChI=1S/C14H20N2O2/c1-11-3-5-12(6-4-11)15-13(17)9-16-8-7-14(2,18)10-16/h3-6,18H,7-10H2,1-2H3,(H,15,17). The highest BCUT2D eigenvalue weighted by atomic mass is 16.3. The summed E-state index contributed by atoms with van der Waals surface area (Å²) in [4.78, 5) is 13.8. The summed E-state index contributed by atoms with van der Waals surface area (Å²) in [6.07, 6.45) is 0.727. The van der Waals surface area contributed by atoms with E-state index >= 15 is 0 Å². The molecule has 0 aliphatic carbocycles. The second kappa shape index (κ2) is 5.08.